The van der Waals surface area contributed by atoms with Crippen LogP contribution in [0.5, 0.6) is 0 Å². The number of rotatable bonds is 6. The largest absolute Gasteiger partial charge is 0.387 e. The van der Waals surface area contributed by atoms with E-state index >= 15 is 0 Å². The van der Waals surface area contributed by atoms with E-state index < -0.39 is 6.10 Å². The van der Waals surface area contributed by atoms with Crippen molar-refractivity contribution in [2.75, 3.05) is 6.54 Å². The van der Waals surface area contributed by atoms with Crippen molar-refractivity contribution in [1.82, 2.24) is 5.32 Å². The van der Waals surface area contributed by atoms with E-state index in [0.717, 1.165) is 12.0 Å². The second-order valence-corrected chi connectivity index (χ2v) is 5.67. The first-order valence-corrected chi connectivity index (χ1v) is 7.74. The Labute approximate surface area is 131 Å². The maximum Gasteiger partial charge on any atom is 0.0928 e. The quantitative estimate of drug-likeness (QED) is 0.834. The van der Waals surface area contributed by atoms with Crippen LogP contribution in [0.4, 0.5) is 0 Å². The van der Waals surface area contributed by atoms with E-state index in [0.29, 0.717) is 11.6 Å². The number of aliphatic hydroxyl groups is 1. The fourth-order valence-corrected chi connectivity index (χ4v) is 2.57. The predicted molar refractivity (Wildman–Crippen MR) is 88.6 cm³/mol. The van der Waals surface area contributed by atoms with E-state index in [2.05, 4.69) is 43.4 Å². The summed E-state index contributed by atoms with van der Waals surface area (Å²) in [6.07, 6.45) is 0.448. The smallest absolute Gasteiger partial charge is 0.0928 e. The summed E-state index contributed by atoms with van der Waals surface area (Å²) in [5, 5.41) is 14.2. The van der Waals surface area contributed by atoms with Gasteiger partial charge in [-0.25, -0.2) is 0 Å². The van der Waals surface area contributed by atoms with Crippen molar-refractivity contribution in [3.05, 3.63) is 70.2 Å². The fraction of sp³-hybridized carbons (Fsp3) is 0.333. The molecule has 0 aliphatic rings. The van der Waals surface area contributed by atoms with E-state index in [9.17, 15) is 5.11 Å². The molecular weight excluding hydrogens is 282 g/mol. The van der Waals surface area contributed by atoms with Gasteiger partial charge in [0.15, 0.2) is 0 Å². The number of benzene rings is 2. The molecule has 0 heterocycles. The SMILES string of the molecule is CCc1ccc(C(C)NCC(O)c2ccccc2Cl)cc1. The van der Waals surface area contributed by atoms with Crippen LogP contribution in [-0.4, -0.2) is 11.7 Å². The number of hydrogen-bond acceptors (Lipinski definition) is 2. The Morgan fingerprint density at radius 3 is 2.38 bits per heavy atom. The van der Waals surface area contributed by atoms with Crippen LogP contribution in [0.3, 0.4) is 0 Å². The van der Waals surface area contributed by atoms with Gasteiger partial charge in [-0.3, -0.25) is 0 Å². The Morgan fingerprint density at radius 1 is 1.10 bits per heavy atom. The summed E-state index contributed by atoms with van der Waals surface area (Å²) in [7, 11) is 0. The highest BCUT2D eigenvalue weighted by molar-refractivity contribution is 6.31. The third kappa shape index (κ3) is 4.31. The maximum absolute atomic E-state index is 10.2. The molecule has 3 heteroatoms. The summed E-state index contributed by atoms with van der Waals surface area (Å²) >= 11 is 6.10. The lowest BCUT2D eigenvalue weighted by Crippen LogP contribution is -2.24. The zero-order valence-corrected chi connectivity index (χ0v) is 13.3. The molecule has 0 aliphatic heterocycles. The van der Waals surface area contributed by atoms with Crippen molar-refractivity contribution in [3.63, 3.8) is 0 Å². The maximum atomic E-state index is 10.2. The van der Waals surface area contributed by atoms with Crippen molar-refractivity contribution < 1.29 is 5.11 Å². The van der Waals surface area contributed by atoms with Crippen molar-refractivity contribution in [2.45, 2.75) is 32.4 Å². The molecule has 0 aromatic heterocycles. The molecule has 0 saturated heterocycles. The van der Waals surface area contributed by atoms with E-state index in [1.165, 1.54) is 11.1 Å². The highest BCUT2D eigenvalue weighted by atomic mass is 35.5. The van der Waals surface area contributed by atoms with Gasteiger partial charge >= 0.3 is 0 Å². The van der Waals surface area contributed by atoms with Crippen LogP contribution in [0.25, 0.3) is 0 Å². The summed E-state index contributed by atoms with van der Waals surface area (Å²) in [6.45, 7) is 4.72. The van der Waals surface area contributed by atoms with Crippen molar-refractivity contribution in [1.29, 1.82) is 0 Å². The molecule has 2 aromatic rings. The van der Waals surface area contributed by atoms with Gasteiger partial charge in [0.25, 0.3) is 0 Å². The summed E-state index contributed by atoms with van der Waals surface area (Å²) < 4.78 is 0. The van der Waals surface area contributed by atoms with Gasteiger partial charge in [0, 0.05) is 23.2 Å². The molecule has 21 heavy (non-hydrogen) atoms. The number of hydrogen-bond donors (Lipinski definition) is 2. The minimum atomic E-state index is -0.601. The first-order chi connectivity index (χ1) is 10.1. The average molecular weight is 304 g/mol. The lowest BCUT2D eigenvalue weighted by atomic mass is 10.0. The lowest BCUT2D eigenvalue weighted by molar-refractivity contribution is 0.171. The molecule has 2 aromatic carbocycles. The van der Waals surface area contributed by atoms with Crippen LogP contribution in [0.1, 0.15) is 42.7 Å². The Balaban J connectivity index is 1.94. The second-order valence-electron chi connectivity index (χ2n) is 5.26. The predicted octanol–water partition coefficient (Wildman–Crippen LogP) is 4.29. The van der Waals surface area contributed by atoms with Crippen LogP contribution in [0.2, 0.25) is 5.02 Å². The van der Waals surface area contributed by atoms with Crippen LogP contribution < -0.4 is 5.32 Å². The molecule has 0 saturated carbocycles. The zero-order chi connectivity index (χ0) is 15.2. The third-order valence-corrected chi connectivity index (χ3v) is 4.11. The Bertz CT molecular complexity index is 568. The number of aryl methyl sites for hydroxylation is 1. The topological polar surface area (TPSA) is 32.3 Å². The molecule has 112 valence electrons. The summed E-state index contributed by atoms with van der Waals surface area (Å²) in [5.41, 5.74) is 3.32. The molecule has 2 unspecified atom stereocenters. The highest BCUT2D eigenvalue weighted by Crippen LogP contribution is 2.23. The van der Waals surface area contributed by atoms with Crippen LogP contribution >= 0.6 is 11.6 Å². The first kappa shape index (κ1) is 16.0. The Morgan fingerprint density at radius 2 is 1.76 bits per heavy atom. The number of aliphatic hydroxyl groups excluding tert-OH is 1. The lowest BCUT2D eigenvalue weighted by Gasteiger charge is -2.18. The van der Waals surface area contributed by atoms with Crippen LogP contribution in [0.15, 0.2) is 48.5 Å². The zero-order valence-electron chi connectivity index (χ0n) is 12.5. The molecule has 0 bridgehead atoms. The normalized spacial score (nSPS) is 13.9. The van der Waals surface area contributed by atoms with Gasteiger partial charge in [0.05, 0.1) is 6.10 Å². The van der Waals surface area contributed by atoms with Gasteiger partial charge in [-0.05, 0) is 30.5 Å². The number of nitrogens with one attached hydrogen (secondary N) is 1. The summed E-state index contributed by atoms with van der Waals surface area (Å²) in [6, 6.07) is 16.2. The third-order valence-electron chi connectivity index (χ3n) is 3.77. The minimum absolute atomic E-state index is 0.188. The fourth-order valence-electron chi connectivity index (χ4n) is 2.30. The summed E-state index contributed by atoms with van der Waals surface area (Å²) in [4.78, 5) is 0. The summed E-state index contributed by atoms with van der Waals surface area (Å²) in [5.74, 6) is 0. The first-order valence-electron chi connectivity index (χ1n) is 7.36. The highest BCUT2D eigenvalue weighted by Gasteiger charge is 2.13. The van der Waals surface area contributed by atoms with Crippen molar-refractivity contribution in [3.8, 4) is 0 Å². The molecule has 2 nitrogen and oxygen atoms in total. The van der Waals surface area contributed by atoms with Crippen LogP contribution in [0, 0.1) is 0 Å². The average Bonchev–Trinajstić information content (AvgIpc) is 2.52. The molecular formula is C18H22ClNO. The standard InChI is InChI=1S/C18H22ClNO/c1-3-14-8-10-15(11-9-14)13(2)20-12-18(21)16-6-4-5-7-17(16)19/h4-11,13,18,20-21H,3,12H2,1-2H3. The van der Waals surface area contributed by atoms with E-state index in [4.69, 9.17) is 11.6 Å². The Hall–Kier alpha value is -1.35. The van der Waals surface area contributed by atoms with Gasteiger partial charge in [-0.15, -0.1) is 0 Å². The molecule has 0 spiro atoms. The monoisotopic (exact) mass is 303 g/mol. The molecule has 0 amide bonds. The second kappa shape index (κ2) is 7.60. The molecule has 0 aliphatic carbocycles. The molecule has 2 rings (SSSR count). The molecule has 2 atom stereocenters. The number of halogens is 1. The van der Waals surface area contributed by atoms with Gasteiger partial charge in [0.1, 0.15) is 0 Å². The van der Waals surface area contributed by atoms with Gasteiger partial charge in [-0.1, -0.05) is 61.0 Å². The molecule has 2 N–H and O–H groups in total. The van der Waals surface area contributed by atoms with E-state index in [1.807, 2.05) is 18.2 Å². The van der Waals surface area contributed by atoms with E-state index in [1.54, 1.807) is 6.07 Å². The molecule has 0 radical (unpaired) electrons. The minimum Gasteiger partial charge on any atom is -0.387 e. The van der Waals surface area contributed by atoms with Gasteiger partial charge in [0.2, 0.25) is 0 Å². The van der Waals surface area contributed by atoms with E-state index in [-0.39, 0.29) is 6.04 Å². The molecule has 0 fully saturated rings. The van der Waals surface area contributed by atoms with Gasteiger partial charge < -0.3 is 10.4 Å². The Kier molecular flexibility index (Phi) is 5.80. The van der Waals surface area contributed by atoms with Crippen molar-refractivity contribution in [2.24, 2.45) is 0 Å². The van der Waals surface area contributed by atoms with Crippen LogP contribution in [-0.2, 0) is 6.42 Å². The van der Waals surface area contributed by atoms with Gasteiger partial charge in [-0.2, -0.15) is 0 Å². The van der Waals surface area contributed by atoms with Crippen molar-refractivity contribution >= 4 is 11.6 Å².